The average Bonchev–Trinajstić information content (AvgIpc) is 2.40. The van der Waals surface area contributed by atoms with E-state index in [4.69, 9.17) is 0 Å². The van der Waals surface area contributed by atoms with Gasteiger partial charge in [-0.15, -0.1) is 0 Å². The zero-order valence-electron chi connectivity index (χ0n) is 10.7. The number of nitrogens with one attached hydrogen (secondary N) is 1. The lowest BCUT2D eigenvalue weighted by Gasteiger charge is -2.07. The minimum Gasteiger partial charge on any atom is -0.334 e. The fourth-order valence-corrected chi connectivity index (χ4v) is 2.06. The molecule has 1 aromatic carbocycles. The Hall–Kier alpha value is -2.55. The van der Waals surface area contributed by atoms with Crippen LogP contribution in [0.5, 0.6) is 0 Å². The van der Waals surface area contributed by atoms with Crippen LogP contribution >= 0.6 is 15.9 Å². The van der Waals surface area contributed by atoms with Gasteiger partial charge in [-0.25, -0.2) is 4.98 Å². The Balaban J connectivity index is 2.37. The number of nitro benzene ring substituents is 1. The first-order valence-corrected chi connectivity index (χ1v) is 6.50. The van der Waals surface area contributed by atoms with Crippen molar-refractivity contribution in [3.63, 3.8) is 0 Å². The van der Waals surface area contributed by atoms with Gasteiger partial charge in [0.1, 0.15) is 0 Å². The molecule has 1 N–H and O–H groups in total. The van der Waals surface area contributed by atoms with Crippen LogP contribution in [0.2, 0.25) is 0 Å². The van der Waals surface area contributed by atoms with Crippen LogP contribution in [-0.2, 0) is 0 Å². The molecular weight excluding hydrogens is 344 g/mol. The summed E-state index contributed by atoms with van der Waals surface area (Å²) in [5, 5.41) is 24.5. The second kappa shape index (κ2) is 5.83. The summed E-state index contributed by atoms with van der Waals surface area (Å²) in [6, 6.07) is 5.67. The number of benzene rings is 1. The first-order chi connectivity index (χ1) is 9.88. The second-order valence-electron chi connectivity index (χ2n) is 4.16. The number of hydrogen-bond donors (Lipinski definition) is 1. The number of hydrogen-bond acceptors (Lipinski definition) is 6. The summed E-state index contributed by atoms with van der Waals surface area (Å²) >= 11 is 3.12. The van der Waals surface area contributed by atoms with Gasteiger partial charge in [-0.1, -0.05) is 0 Å². The third kappa shape index (κ3) is 3.31. The van der Waals surface area contributed by atoms with Crippen molar-refractivity contribution in [2.75, 3.05) is 5.32 Å². The zero-order chi connectivity index (χ0) is 15.6. The van der Waals surface area contributed by atoms with Crippen molar-refractivity contribution in [1.82, 2.24) is 4.98 Å². The number of nitro groups is 2. The van der Waals surface area contributed by atoms with Crippen LogP contribution in [0.25, 0.3) is 0 Å². The SMILES string of the molecule is Cc1cc(Nc2ncc(Br)cc2[N+](=O)[O-])ccc1[N+](=O)[O-]. The van der Waals surface area contributed by atoms with E-state index in [1.54, 1.807) is 6.92 Å². The fraction of sp³-hybridized carbons (Fsp3) is 0.0833. The largest absolute Gasteiger partial charge is 0.334 e. The molecule has 0 radical (unpaired) electrons. The molecule has 9 heteroatoms. The van der Waals surface area contributed by atoms with Crippen molar-refractivity contribution in [3.8, 4) is 0 Å². The van der Waals surface area contributed by atoms with E-state index < -0.39 is 9.85 Å². The lowest BCUT2D eigenvalue weighted by molar-refractivity contribution is -0.385. The molecule has 0 aliphatic rings. The van der Waals surface area contributed by atoms with Crippen LogP contribution in [0.3, 0.4) is 0 Å². The van der Waals surface area contributed by atoms with Gasteiger partial charge >= 0.3 is 5.69 Å². The lowest BCUT2D eigenvalue weighted by atomic mass is 10.2. The molecule has 21 heavy (non-hydrogen) atoms. The predicted molar refractivity (Wildman–Crippen MR) is 79.7 cm³/mol. The van der Waals surface area contributed by atoms with Crippen molar-refractivity contribution in [2.24, 2.45) is 0 Å². The van der Waals surface area contributed by atoms with Crippen molar-refractivity contribution in [3.05, 3.63) is 60.7 Å². The van der Waals surface area contributed by atoms with Crippen molar-refractivity contribution in [2.45, 2.75) is 6.92 Å². The minimum absolute atomic E-state index is 0.0150. The highest BCUT2D eigenvalue weighted by Crippen LogP contribution is 2.29. The van der Waals surface area contributed by atoms with Crippen LogP contribution in [0, 0.1) is 27.2 Å². The third-order valence-corrected chi connectivity index (χ3v) is 3.12. The highest BCUT2D eigenvalue weighted by molar-refractivity contribution is 9.10. The smallest absolute Gasteiger partial charge is 0.312 e. The minimum atomic E-state index is -0.557. The molecule has 0 atom stereocenters. The molecule has 1 aromatic heterocycles. The Morgan fingerprint density at radius 3 is 2.38 bits per heavy atom. The van der Waals surface area contributed by atoms with Gasteiger partial charge in [-0.2, -0.15) is 0 Å². The Morgan fingerprint density at radius 2 is 1.81 bits per heavy atom. The lowest BCUT2D eigenvalue weighted by Crippen LogP contribution is -2.00. The summed E-state index contributed by atoms with van der Waals surface area (Å²) in [6.07, 6.45) is 1.42. The number of nitrogens with zero attached hydrogens (tertiary/aromatic N) is 3. The molecule has 2 rings (SSSR count). The van der Waals surface area contributed by atoms with Gasteiger partial charge in [-0.3, -0.25) is 20.2 Å². The molecule has 108 valence electrons. The first-order valence-electron chi connectivity index (χ1n) is 5.70. The van der Waals surface area contributed by atoms with E-state index in [2.05, 4.69) is 26.2 Å². The molecule has 0 aliphatic carbocycles. The molecule has 0 saturated heterocycles. The van der Waals surface area contributed by atoms with Crippen molar-refractivity contribution in [1.29, 1.82) is 0 Å². The van der Waals surface area contributed by atoms with E-state index in [-0.39, 0.29) is 17.2 Å². The fourth-order valence-electron chi connectivity index (χ4n) is 1.74. The molecule has 8 nitrogen and oxygen atoms in total. The molecule has 0 saturated carbocycles. The average molecular weight is 353 g/mol. The van der Waals surface area contributed by atoms with Gasteiger partial charge in [0.2, 0.25) is 5.82 Å². The molecule has 0 bridgehead atoms. The van der Waals surface area contributed by atoms with Gasteiger partial charge < -0.3 is 5.32 Å². The summed E-state index contributed by atoms with van der Waals surface area (Å²) < 4.78 is 0.486. The number of halogens is 1. The van der Waals surface area contributed by atoms with Crippen LogP contribution in [0.15, 0.2) is 34.9 Å². The first kappa shape index (κ1) is 14.9. The Morgan fingerprint density at radius 1 is 1.14 bits per heavy atom. The summed E-state index contributed by atoms with van der Waals surface area (Å²) in [7, 11) is 0. The van der Waals surface area contributed by atoms with Crippen molar-refractivity contribution >= 4 is 38.8 Å². The van der Waals surface area contributed by atoms with Crippen LogP contribution in [-0.4, -0.2) is 14.8 Å². The zero-order valence-corrected chi connectivity index (χ0v) is 12.3. The Bertz CT molecular complexity index is 735. The van der Waals surface area contributed by atoms with Gasteiger partial charge in [0, 0.05) is 34.1 Å². The second-order valence-corrected chi connectivity index (χ2v) is 5.08. The highest BCUT2D eigenvalue weighted by atomic mass is 79.9. The Kier molecular flexibility index (Phi) is 4.13. The van der Waals surface area contributed by atoms with Crippen LogP contribution in [0.4, 0.5) is 22.9 Å². The van der Waals surface area contributed by atoms with E-state index in [1.807, 2.05) is 0 Å². The maximum Gasteiger partial charge on any atom is 0.312 e. The van der Waals surface area contributed by atoms with Gasteiger partial charge in [0.15, 0.2) is 0 Å². The quantitative estimate of drug-likeness (QED) is 0.662. The van der Waals surface area contributed by atoms with E-state index in [0.717, 1.165) is 0 Å². The number of aromatic nitrogens is 1. The number of pyridine rings is 1. The summed E-state index contributed by atoms with van der Waals surface area (Å²) in [6.45, 7) is 1.59. The maximum absolute atomic E-state index is 11.0. The summed E-state index contributed by atoms with van der Waals surface area (Å²) in [4.78, 5) is 24.6. The molecule has 0 aliphatic heterocycles. The molecule has 0 spiro atoms. The van der Waals surface area contributed by atoms with Gasteiger partial charge in [-0.05, 0) is 35.0 Å². The van der Waals surface area contributed by atoms with Gasteiger partial charge in [0.05, 0.1) is 9.85 Å². The van der Waals surface area contributed by atoms with E-state index in [9.17, 15) is 20.2 Å². The predicted octanol–water partition coefficient (Wildman–Crippen LogP) is 3.71. The Labute approximate surface area is 127 Å². The molecular formula is C12H9BrN4O4. The highest BCUT2D eigenvalue weighted by Gasteiger charge is 2.17. The maximum atomic E-state index is 11.0. The molecule has 0 amide bonds. The van der Waals surface area contributed by atoms with Crippen LogP contribution < -0.4 is 5.32 Å². The molecule has 0 fully saturated rings. The third-order valence-electron chi connectivity index (χ3n) is 2.69. The van der Waals surface area contributed by atoms with E-state index in [1.165, 1.54) is 30.5 Å². The summed E-state index contributed by atoms with van der Waals surface area (Å²) in [5.41, 5.74) is 0.722. The standard InChI is InChI=1S/C12H9BrN4O4/c1-7-4-9(2-3-10(7)16(18)19)15-12-11(17(20)21)5-8(13)6-14-12/h2-6H,1H3,(H,14,15). The number of anilines is 2. The van der Waals surface area contributed by atoms with E-state index in [0.29, 0.717) is 15.7 Å². The topological polar surface area (TPSA) is 111 Å². The molecule has 0 unspecified atom stereocenters. The van der Waals surface area contributed by atoms with Crippen molar-refractivity contribution < 1.29 is 9.85 Å². The van der Waals surface area contributed by atoms with Crippen LogP contribution in [0.1, 0.15) is 5.56 Å². The normalized spacial score (nSPS) is 10.2. The monoisotopic (exact) mass is 352 g/mol. The summed E-state index contributed by atoms with van der Waals surface area (Å²) in [5.74, 6) is 0.0662. The van der Waals surface area contributed by atoms with E-state index >= 15 is 0 Å². The molecule has 1 heterocycles. The number of rotatable bonds is 4. The molecule has 2 aromatic rings. The van der Waals surface area contributed by atoms with Gasteiger partial charge in [0.25, 0.3) is 5.69 Å². The number of aryl methyl sites for hydroxylation is 1.